The molecule has 0 saturated heterocycles. The predicted octanol–water partition coefficient (Wildman–Crippen LogP) is 4.91. The van der Waals surface area contributed by atoms with E-state index in [4.69, 9.17) is 9.47 Å². The molecule has 0 unspecified atom stereocenters. The number of rotatable bonds is 3. The van der Waals surface area contributed by atoms with Gasteiger partial charge in [-0.3, -0.25) is 0 Å². The Labute approximate surface area is 177 Å². The quantitative estimate of drug-likeness (QED) is 0.516. The van der Waals surface area contributed by atoms with Gasteiger partial charge in [0.25, 0.3) is 0 Å². The number of anilines is 1. The van der Waals surface area contributed by atoms with Gasteiger partial charge in [0.15, 0.2) is 6.10 Å². The predicted molar refractivity (Wildman–Crippen MR) is 116 cm³/mol. The lowest BCUT2D eigenvalue weighted by Gasteiger charge is -2.38. The summed E-state index contributed by atoms with van der Waals surface area (Å²) in [5.74, 6) is 2.35. The van der Waals surface area contributed by atoms with E-state index in [1.165, 1.54) is 4.88 Å². The molecule has 2 atom stereocenters. The van der Waals surface area contributed by atoms with Crippen molar-refractivity contribution in [3.8, 4) is 11.5 Å². The molecule has 1 N–H and O–H groups in total. The van der Waals surface area contributed by atoms with Crippen LogP contribution in [0.3, 0.4) is 0 Å². The number of methoxy groups -OCH3 is 1. The maximum absolute atomic E-state index is 6.62. The van der Waals surface area contributed by atoms with Crippen LogP contribution in [0.25, 0.3) is 5.70 Å². The number of para-hydroxylation sites is 2. The number of ether oxygens (including phenoxy) is 2. The molecule has 0 saturated carbocycles. The number of nitrogens with one attached hydrogen (secondary N) is 1. The third-order valence-electron chi connectivity index (χ3n) is 5.56. The van der Waals surface area contributed by atoms with Crippen molar-refractivity contribution in [1.29, 1.82) is 0 Å². The minimum atomic E-state index is -0.331. The van der Waals surface area contributed by atoms with Crippen molar-refractivity contribution >= 4 is 23.0 Å². The van der Waals surface area contributed by atoms with Crippen molar-refractivity contribution in [2.75, 3.05) is 12.4 Å². The molecule has 0 fully saturated rings. The van der Waals surface area contributed by atoms with Gasteiger partial charge in [-0.25, -0.2) is 4.68 Å². The third kappa shape index (κ3) is 2.48. The molecule has 2 aromatic heterocycles. The largest absolute Gasteiger partial charge is 0.496 e. The molecular weight excluding hydrogens is 396 g/mol. The first-order chi connectivity index (χ1) is 14.8. The lowest BCUT2D eigenvalue weighted by atomic mass is 9.86. The molecule has 0 amide bonds. The van der Waals surface area contributed by atoms with Gasteiger partial charge < -0.3 is 14.8 Å². The standard InChI is InChI=1S/C23H18N4O2S/c1-28-16-9-4-3-8-15(16)22-19-20(14-7-2-5-10-17(14)29-22)26-23-24-13-25-27(23)21(19)18-11-6-12-30-18/h2-13,21-22H,1H3,(H,24,25,26)/t21-,22+/m0/s1. The topological polar surface area (TPSA) is 61.2 Å². The highest BCUT2D eigenvalue weighted by molar-refractivity contribution is 7.10. The first kappa shape index (κ1) is 17.3. The lowest BCUT2D eigenvalue weighted by Crippen LogP contribution is -2.32. The van der Waals surface area contributed by atoms with Gasteiger partial charge in [-0.15, -0.1) is 11.3 Å². The van der Waals surface area contributed by atoms with Crippen LogP contribution in [0.15, 0.2) is 77.9 Å². The molecule has 0 radical (unpaired) electrons. The average molecular weight is 414 g/mol. The number of fused-ring (bicyclic) bond motifs is 3. The SMILES string of the molecule is COc1ccccc1[C@H]1Oc2ccccc2C2=C1[C@H](c1cccs1)n1ncnc1N2. The van der Waals surface area contributed by atoms with Crippen LogP contribution in [-0.4, -0.2) is 21.9 Å². The van der Waals surface area contributed by atoms with E-state index in [9.17, 15) is 0 Å². The Bertz CT molecular complexity index is 1260. The molecule has 6 rings (SSSR count). The number of nitrogens with zero attached hydrogens (tertiary/aromatic N) is 3. The molecule has 2 aromatic carbocycles. The summed E-state index contributed by atoms with van der Waals surface area (Å²) in [6.07, 6.45) is 1.26. The van der Waals surface area contributed by atoms with Gasteiger partial charge in [-0.05, 0) is 29.6 Å². The highest BCUT2D eigenvalue weighted by atomic mass is 32.1. The van der Waals surface area contributed by atoms with E-state index in [0.717, 1.165) is 39.8 Å². The zero-order chi connectivity index (χ0) is 20.1. The van der Waals surface area contributed by atoms with E-state index in [0.29, 0.717) is 0 Å². The molecule has 7 heteroatoms. The Hall–Kier alpha value is -3.58. The van der Waals surface area contributed by atoms with Gasteiger partial charge in [0.2, 0.25) is 5.95 Å². The smallest absolute Gasteiger partial charge is 0.226 e. The van der Waals surface area contributed by atoms with Crippen LogP contribution in [-0.2, 0) is 0 Å². The fraction of sp³-hybridized carbons (Fsp3) is 0.130. The van der Waals surface area contributed by atoms with Crippen LogP contribution in [0.2, 0.25) is 0 Å². The molecule has 4 heterocycles. The highest BCUT2D eigenvalue weighted by Gasteiger charge is 2.42. The Morgan fingerprint density at radius 1 is 1.07 bits per heavy atom. The van der Waals surface area contributed by atoms with Crippen LogP contribution < -0.4 is 14.8 Å². The first-order valence-electron chi connectivity index (χ1n) is 9.68. The number of thiophene rings is 1. The summed E-state index contributed by atoms with van der Waals surface area (Å²) in [5.41, 5.74) is 4.12. The monoisotopic (exact) mass is 414 g/mol. The van der Waals surface area contributed by atoms with Crippen LogP contribution in [0, 0.1) is 0 Å². The molecule has 148 valence electrons. The summed E-state index contributed by atoms with van der Waals surface area (Å²) in [6.45, 7) is 0. The first-order valence-corrected chi connectivity index (χ1v) is 10.6. The van der Waals surface area contributed by atoms with Crippen molar-refractivity contribution in [2.45, 2.75) is 12.1 Å². The third-order valence-corrected chi connectivity index (χ3v) is 6.48. The van der Waals surface area contributed by atoms with Crippen LogP contribution in [0.5, 0.6) is 11.5 Å². The maximum Gasteiger partial charge on any atom is 0.226 e. The zero-order valence-corrected chi connectivity index (χ0v) is 17.0. The van der Waals surface area contributed by atoms with Gasteiger partial charge in [-0.2, -0.15) is 10.1 Å². The van der Waals surface area contributed by atoms with E-state index in [1.54, 1.807) is 24.8 Å². The van der Waals surface area contributed by atoms with Crippen molar-refractivity contribution in [2.24, 2.45) is 0 Å². The molecule has 0 bridgehead atoms. The summed E-state index contributed by atoms with van der Waals surface area (Å²) in [4.78, 5) is 5.64. The summed E-state index contributed by atoms with van der Waals surface area (Å²) in [7, 11) is 1.69. The van der Waals surface area contributed by atoms with Crippen LogP contribution in [0.4, 0.5) is 5.95 Å². The molecule has 2 aliphatic heterocycles. The van der Waals surface area contributed by atoms with Crippen LogP contribution in [0.1, 0.15) is 28.1 Å². The van der Waals surface area contributed by atoms with Gasteiger partial charge in [0.1, 0.15) is 23.9 Å². The second-order valence-electron chi connectivity index (χ2n) is 7.14. The second-order valence-corrected chi connectivity index (χ2v) is 8.12. The number of hydrogen-bond donors (Lipinski definition) is 1. The van der Waals surface area contributed by atoms with E-state index in [-0.39, 0.29) is 12.1 Å². The normalized spacial score (nSPS) is 19.2. The molecule has 2 aliphatic rings. The van der Waals surface area contributed by atoms with Gasteiger partial charge in [-0.1, -0.05) is 36.4 Å². The molecular formula is C23H18N4O2S. The number of hydrogen-bond acceptors (Lipinski definition) is 6. The van der Waals surface area contributed by atoms with Crippen molar-refractivity contribution in [3.63, 3.8) is 0 Å². The Kier molecular flexibility index (Phi) is 3.89. The van der Waals surface area contributed by atoms with Crippen molar-refractivity contribution in [3.05, 3.63) is 93.9 Å². The Morgan fingerprint density at radius 3 is 2.80 bits per heavy atom. The molecule has 30 heavy (non-hydrogen) atoms. The van der Waals surface area contributed by atoms with Crippen molar-refractivity contribution in [1.82, 2.24) is 14.8 Å². The highest BCUT2D eigenvalue weighted by Crippen LogP contribution is 2.52. The number of aromatic nitrogens is 3. The van der Waals surface area contributed by atoms with E-state index in [2.05, 4.69) is 45.0 Å². The van der Waals surface area contributed by atoms with Gasteiger partial charge in [0, 0.05) is 21.6 Å². The van der Waals surface area contributed by atoms with Gasteiger partial charge in [0.05, 0.1) is 12.8 Å². The van der Waals surface area contributed by atoms with Crippen molar-refractivity contribution < 1.29 is 9.47 Å². The summed E-state index contributed by atoms with van der Waals surface area (Å²) in [6, 6.07) is 20.2. The molecule has 6 nitrogen and oxygen atoms in total. The zero-order valence-electron chi connectivity index (χ0n) is 16.1. The minimum Gasteiger partial charge on any atom is -0.496 e. The molecule has 4 aromatic rings. The molecule has 0 aliphatic carbocycles. The Morgan fingerprint density at radius 2 is 1.93 bits per heavy atom. The summed E-state index contributed by atoms with van der Waals surface area (Å²) >= 11 is 1.70. The fourth-order valence-electron chi connectivity index (χ4n) is 4.28. The van der Waals surface area contributed by atoms with E-state index in [1.807, 2.05) is 41.1 Å². The average Bonchev–Trinajstić information content (AvgIpc) is 3.49. The lowest BCUT2D eigenvalue weighted by molar-refractivity contribution is 0.218. The van der Waals surface area contributed by atoms with E-state index < -0.39 is 0 Å². The fourth-order valence-corrected chi connectivity index (χ4v) is 5.11. The molecule has 0 spiro atoms. The summed E-state index contributed by atoms with van der Waals surface area (Å²) in [5, 5.41) is 10.1. The number of benzene rings is 2. The minimum absolute atomic E-state index is 0.123. The van der Waals surface area contributed by atoms with E-state index >= 15 is 0 Å². The van der Waals surface area contributed by atoms with Gasteiger partial charge >= 0.3 is 0 Å². The second kappa shape index (κ2) is 6.74. The maximum atomic E-state index is 6.62. The summed E-state index contributed by atoms with van der Waals surface area (Å²) < 4.78 is 14.2. The Balaban J connectivity index is 1.65. The van der Waals surface area contributed by atoms with Crippen LogP contribution >= 0.6 is 11.3 Å².